The molecular weight excluding hydrogens is 444 g/mol. The van der Waals surface area contributed by atoms with E-state index >= 15 is 0 Å². The van der Waals surface area contributed by atoms with Crippen LogP contribution in [0.3, 0.4) is 0 Å². The van der Waals surface area contributed by atoms with Gasteiger partial charge in [0.05, 0.1) is 0 Å². The molecule has 4 rings (SSSR count). The Labute approximate surface area is 206 Å². The Bertz CT molecular complexity index is 1020. The second-order valence-electron chi connectivity index (χ2n) is 9.64. The van der Waals surface area contributed by atoms with E-state index in [1.165, 1.54) is 22.3 Å². The van der Waals surface area contributed by atoms with Gasteiger partial charge >= 0.3 is 12.1 Å². The number of carboxylic acids is 1. The summed E-state index contributed by atoms with van der Waals surface area (Å²) in [5, 5.41) is 11.7. The average molecular weight is 479 g/mol. The molecule has 0 aromatic heterocycles. The van der Waals surface area contributed by atoms with Crippen molar-refractivity contribution in [2.75, 3.05) is 20.2 Å². The third-order valence-electron chi connectivity index (χ3n) is 7.20. The predicted molar refractivity (Wildman–Crippen MR) is 133 cm³/mol. The van der Waals surface area contributed by atoms with Crippen LogP contribution in [0.25, 0.3) is 11.1 Å². The molecule has 0 bridgehead atoms. The Morgan fingerprint density at radius 2 is 1.66 bits per heavy atom. The molecule has 1 fully saturated rings. The van der Waals surface area contributed by atoms with Crippen LogP contribution in [0.15, 0.2) is 48.5 Å². The number of unbranched alkanes of at least 4 members (excludes halogenated alkanes) is 1. The molecule has 7 nitrogen and oxygen atoms in total. The van der Waals surface area contributed by atoms with Gasteiger partial charge in [0.2, 0.25) is 5.91 Å². The summed E-state index contributed by atoms with van der Waals surface area (Å²) in [4.78, 5) is 37.9. The Morgan fingerprint density at radius 3 is 2.31 bits per heavy atom. The van der Waals surface area contributed by atoms with Crippen molar-refractivity contribution in [2.24, 2.45) is 5.92 Å². The van der Waals surface area contributed by atoms with E-state index in [0.29, 0.717) is 25.8 Å². The maximum atomic E-state index is 12.9. The number of hydrogen-bond donors (Lipinski definition) is 2. The monoisotopic (exact) mass is 478 g/mol. The smallest absolute Gasteiger partial charge is 0.407 e. The van der Waals surface area contributed by atoms with Crippen molar-refractivity contribution in [3.63, 3.8) is 0 Å². The first-order valence-corrected chi connectivity index (χ1v) is 12.5. The van der Waals surface area contributed by atoms with Gasteiger partial charge in [-0.05, 0) is 54.4 Å². The van der Waals surface area contributed by atoms with Crippen molar-refractivity contribution in [1.82, 2.24) is 10.2 Å². The van der Waals surface area contributed by atoms with E-state index in [-0.39, 0.29) is 36.8 Å². The van der Waals surface area contributed by atoms with Gasteiger partial charge in [0.15, 0.2) is 0 Å². The molecule has 0 spiro atoms. The van der Waals surface area contributed by atoms with E-state index in [2.05, 4.69) is 29.6 Å². The van der Waals surface area contributed by atoms with Crippen molar-refractivity contribution in [3.8, 4) is 11.1 Å². The van der Waals surface area contributed by atoms with Gasteiger partial charge in [-0.15, -0.1) is 0 Å². The normalized spacial score (nSPS) is 18.9. The minimum absolute atomic E-state index is 0.0172. The van der Waals surface area contributed by atoms with Crippen molar-refractivity contribution in [1.29, 1.82) is 0 Å². The highest BCUT2D eigenvalue weighted by Gasteiger charge is 2.32. The van der Waals surface area contributed by atoms with Crippen LogP contribution >= 0.6 is 0 Å². The maximum absolute atomic E-state index is 12.9. The summed E-state index contributed by atoms with van der Waals surface area (Å²) in [6.07, 6.45) is 4.02. The van der Waals surface area contributed by atoms with Crippen molar-refractivity contribution < 1.29 is 24.2 Å². The fourth-order valence-corrected chi connectivity index (χ4v) is 5.40. The molecule has 0 radical (unpaired) electrons. The zero-order valence-corrected chi connectivity index (χ0v) is 20.2. The number of carbonyl (C=O) groups is 3. The first kappa shape index (κ1) is 24.8. The van der Waals surface area contributed by atoms with Crippen LogP contribution < -0.4 is 5.32 Å². The number of nitrogens with zero attached hydrogens (tertiary/aromatic N) is 1. The molecule has 2 unspecified atom stereocenters. The lowest BCUT2D eigenvalue weighted by Gasteiger charge is -2.31. The fraction of sp³-hybridized carbons (Fsp3) is 0.464. The van der Waals surface area contributed by atoms with E-state index in [4.69, 9.17) is 9.84 Å². The van der Waals surface area contributed by atoms with E-state index in [1.54, 1.807) is 11.9 Å². The molecule has 2 aliphatic rings. The lowest BCUT2D eigenvalue weighted by atomic mass is 9.85. The molecule has 0 heterocycles. The van der Waals surface area contributed by atoms with Crippen molar-refractivity contribution >= 4 is 18.0 Å². The summed E-state index contributed by atoms with van der Waals surface area (Å²) in [5.41, 5.74) is 4.74. The summed E-state index contributed by atoms with van der Waals surface area (Å²) in [7, 11) is 1.77. The van der Waals surface area contributed by atoms with Crippen LogP contribution in [0.1, 0.15) is 62.0 Å². The number of hydrogen-bond acceptors (Lipinski definition) is 4. The summed E-state index contributed by atoms with van der Waals surface area (Å²) in [5.74, 6) is -0.858. The topological polar surface area (TPSA) is 95.9 Å². The predicted octanol–water partition coefficient (Wildman–Crippen LogP) is 4.80. The maximum Gasteiger partial charge on any atom is 0.407 e. The number of amides is 2. The van der Waals surface area contributed by atoms with E-state index < -0.39 is 12.1 Å². The highest BCUT2D eigenvalue weighted by molar-refractivity contribution is 5.80. The average Bonchev–Trinajstić information content (AvgIpc) is 3.18. The van der Waals surface area contributed by atoms with Gasteiger partial charge in [-0.2, -0.15) is 0 Å². The van der Waals surface area contributed by atoms with Crippen molar-refractivity contribution in [3.05, 3.63) is 59.7 Å². The van der Waals surface area contributed by atoms with Crippen LogP contribution in [0.5, 0.6) is 0 Å². The van der Waals surface area contributed by atoms with Gasteiger partial charge in [-0.3, -0.25) is 9.59 Å². The lowest BCUT2D eigenvalue weighted by molar-refractivity contribution is -0.137. The number of rotatable bonds is 9. The molecule has 7 heteroatoms. The number of aliphatic carboxylic acids is 1. The summed E-state index contributed by atoms with van der Waals surface area (Å²) < 4.78 is 5.68. The number of carboxylic acid groups (broad SMARTS) is 1. The minimum atomic E-state index is -0.812. The fourth-order valence-electron chi connectivity index (χ4n) is 5.40. The van der Waals surface area contributed by atoms with E-state index in [1.807, 2.05) is 24.3 Å². The van der Waals surface area contributed by atoms with Gasteiger partial charge in [-0.25, -0.2) is 4.79 Å². The van der Waals surface area contributed by atoms with Gasteiger partial charge in [-0.1, -0.05) is 55.0 Å². The van der Waals surface area contributed by atoms with E-state index in [9.17, 15) is 14.4 Å². The number of ether oxygens (including phenoxy) is 1. The third-order valence-corrected chi connectivity index (χ3v) is 7.20. The summed E-state index contributed by atoms with van der Waals surface area (Å²) >= 11 is 0. The SMILES string of the molecule is CN(CCCCC(=O)O)C(=O)C1CCCC(NC(=O)OCC2c3ccccc3-c3ccccc32)C1. The second kappa shape index (κ2) is 11.4. The third kappa shape index (κ3) is 6.02. The summed E-state index contributed by atoms with van der Waals surface area (Å²) in [6.45, 7) is 0.821. The number of fused-ring (bicyclic) bond motifs is 3. The summed E-state index contributed by atoms with van der Waals surface area (Å²) in [6, 6.07) is 16.4. The van der Waals surface area contributed by atoms with Crippen LogP contribution in [0.2, 0.25) is 0 Å². The molecule has 0 aliphatic heterocycles. The molecule has 2 aromatic rings. The number of carbonyl (C=O) groups excluding carboxylic acids is 2. The van der Waals surface area contributed by atoms with Crippen molar-refractivity contribution in [2.45, 2.75) is 56.9 Å². The number of alkyl carbamates (subject to hydrolysis) is 1. The standard InChI is InChI=1S/C28H34N2O5/c1-30(16-7-6-15-26(31)32)27(33)19-9-8-10-20(17-19)29-28(34)35-18-25-23-13-4-2-11-21(23)22-12-3-5-14-24(22)25/h2-5,11-14,19-20,25H,6-10,15-18H2,1H3,(H,29,34)(H,31,32). The molecule has 2 amide bonds. The second-order valence-corrected chi connectivity index (χ2v) is 9.64. The zero-order valence-electron chi connectivity index (χ0n) is 20.2. The largest absolute Gasteiger partial charge is 0.481 e. The van der Waals surface area contributed by atoms with Crippen LogP contribution in [0.4, 0.5) is 4.79 Å². The molecule has 2 aromatic carbocycles. The zero-order chi connectivity index (χ0) is 24.8. The molecule has 1 saturated carbocycles. The lowest BCUT2D eigenvalue weighted by Crippen LogP contribution is -2.43. The highest BCUT2D eigenvalue weighted by atomic mass is 16.5. The Morgan fingerprint density at radius 1 is 1.00 bits per heavy atom. The van der Waals surface area contributed by atoms with Gasteiger partial charge in [0.25, 0.3) is 0 Å². The minimum Gasteiger partial charge on any atom is -0.481 e. The number of nitrogens with one attached hydrogen (secondary N) is 1. The molecule has 186 valence electrons. The van der Waals surface area contributed by atoms with E-state index in [0.717, 1.165) is 19.3 Å². The van der Waals surface area contributed by atoms with Gasteiger partial charge in [0.1, 0.15) is 6.61 Å². The van der Waals surface area contributed by atoms with Gasteiger partial charge in [0, 0.05) is 37.9 Å². The first-order chi connectivity index (χ1) is 16.9. The first-order valence-electron chi connectivity index (χ1n) is 12.5. The van der Waals surface area contributed by atoms with Crippen LogP contribution in [-0.2, 0) is 14.3 Å². The van der Waals surface area contributed by atoms with Crippen LogP contribution in [0, 0.1) is 5.92 Å². The molecule has 35 heavy (non-hydrogen) atoms. The molecule has 0 saturated heterocycles. The quantitative estimate of drug-likeness (QED) is 0.505. The Balaban J connectivity index is 1.27. The molecular formula is C28H34N2O5. The molecule has 2 N–H and O–H groups in total. The van der Waals surface area contributed by atoms with Crippen LogP contribution in [-0.4, -0.2) is 54.2 Å². The molecule has 2 aliphatic carbocycles. The molecule has 2 atom stereocenters. The Hall–Kier alpha value is -3.35. The van der Waals surface area contributed by atoms with Gasteiger partial charge < -0.3 is 20.1 Å². The Kier molecular flexibility index (Phi) is 8.06. The highest BCUT2D eigenvalue weighted by Crippen LogP contribution is 2.44. The number of benzene rings is 2.